The predicted molar refractivity (Wildman–Crippen MR) is 60.3 cm³/mol. The molecule has 0 bridgehead atoms. The van der Waals surface area contributed by atoms with Crippen LogP contribution in [0.25, 0.3) is 0 Å². The minimum absolute atomic E-state index is 0. The summed E-state index contributed by atoms with van der Waals surface area (Å²) in [6.07, 6.45) is 1.37. The molecule has 0 saturated heterocycles. The Kier molecular flexibility index (Phi) is 7.66. The van der Waals surface area contributed by atoms with Gasteiger partial charge in [-0.05, 0) is 24.6 Å². The van der Waals surface area contributed by atoms with E-state index < -0.39 is 0 Å². The summed E-state index contributed by atoms with van der Waals surface area (Å²) >= 11 is 0. The molecule has 0 fully saturated rings. The number of alkyl halides is 1. The van der Waals surface area contributed by atoms with Crippen LogP contribution in [0.1, 0.15) is 18.9 Å². The number of benzene rings is 1. The van der Waals surface area contributed by atoms with Crippen LogP contribution in [-0.2, 0) is 6.42 Å². The molecule has 1 atom stereocenters. The summed E-state index contributed by atoms with van der Waals surface area (Å²) in [6, 6.07) is 5.18. The third-order valence-corrected chi connectivity index (χ3v) is 2.50. The second-order valence-corrected chi connectivity index (χ2v) is 4.07. The molecule has 0 aliphatic rings. The van der Waals surface area contributed by atoms with E-state index in [1.807, 2.05) is 0 Å². The normalized spacial score (nSPS) is 11.9. The number of hydrogen-bond acceptors (Lipinski definition) is 2. The van der Waals surface area contributed by atoms with Crippen molar-refractivity contribution in [3.8, 4) is 11.5 Å². The standard InChI is InChI=1S/C12H18FNO2.ClH/c1-9(14-6-2-5-13)7-10-3-4-11(15)12(16)8-10;/h3-4,8-9,14-16H,2,5-7H2,1H3;1H. The Balaban J connectivity index is 0.00000256. The monoisotopic (exact) mass is 263 g/mol. The first-order chi connectivity index (χ1) is 7.63. The zero-order valence-corrected chi connectivity index (χ0v) is 10.6. The first kappa shape index (κ1) is 16.0. The fraction of sp³-hybridized carbons (Fsp3) is 0.500. The fourth-order valence-electron chi connectivity index (χ4n) is 1.63. The summed E-state index contributed by atoms with van der Waals surface area (Å²) in [5.74, 6) is -0.189. The summed E-state index contributed by atoms with van der Waals surface area (Å²) in [7, 11) is 0. The van der Waals surface area contributed by atoms with Crippen molar-refractivity contribution in [2.24, 2.45) is 0 Å². The van der Waals surface area contributed by atoms with E-state index in [1.165, 1.54) is 6.07 Å². The van der Waals surface area contributed by atoms with Crippen LogP contribution in [0.5, 0.6) is 11.5 Å². The Morgan fingerprint density at radius 3 is 2.59 bits per heavy atom. The lowest BCUT2D eigenvalue weighted by molar-refractivity contribution is -0.686. The topological polar surface area (TPSA) is 57.1 Å². The Morgan fingerprint density at radius 2 is 2.00 bits per heavy atom. The summed E-state index contributed by atoms with van der Waals surface area (Å²) in [5, 5.41) is 20.6. The molecular weight excluding hydrogens is 245 g/mol. The van der Waals surface area contributed by atoms with E-state index in [1.54, 1.807) is 12.1 Å². The molecular formula is C12H19ClFNO2. The van der Waals surface area contributed by atoms with Gasteiger partial charge in [-0.1, -0.05) is 6.07 Å². The van der Waals surface area contributed by atoms with Crippen molar-refractivity contribution in [3.63, 3.8) is 0 Å². The van der Waals surface area contributed by atoms with Gasteiger partial charge in [0.1, 0.15) is 0 Å². The van der Waals surface area contributed by atoms with Crippen molar-refractivity contribution < 1.29 is 32.3 Å². The zero-order valence-electron chi connectivity index (χ0n) is 9.87. The average molecular weight is 264 g/mol. The third-order valence-electron chi connectivity index (χ3n) is 2.50. The van der Waals surface area contributed by atoms with E-state index >= 15 is 0 Å². The highest BCUT2D eigenvalue weighted by Gasteiger charge is 2.08. The highest BCUT2D eigenvalue weighted by Crippen LogP contribution is 2.25. The number of aromatic hydroxyl groups is 2. The number of quaternary nitrogens is 1. The summed E-state index contributed by atoms with van der Waals surface area (Å²) in [4.78, 5) is 0. The van der Waals surface area contributed by atoms with Gasteiger partial charge < -0.3 is 27.9 Å². The van der Waals surface area contributed by atoms with Crippen molar-refractivity contribution in [2.75, 3.05) is 13.2 Å². The molecule has 0 saturated carbocycles. The van der Waals surface area contributed by atoms with Crippen molar-refractivity contribution in [1.29, 1.82) is 0 Å². The van der Waals surface area contributed by atoms with E-state index in [4.69, 9.17) is 5.11 Å². The summed E-state index contributed by atoms with van der Waals surface area (Å²) in [6.45, 7) is 2.56. The highest BCUT2D eigenvalue weighted by molar-refractivity contribution is 5.40. The third kappa shape index (κ3) is 5.75. The second-order valence-electron chi connectivity index (χ2n) is 4.07. The quantitative estimate of drug-likeness (QED) is 0.409. The van der Waals surface area contributed by atoms with Gasteiger partial charge in [0.15, 0.2) is 11.5 Å². The molecule has 0 amide bonds. The Labute approximate surface area is 107 Å². The molecule has 0 aromatic heterocycles. The van der Waals surface area contributed by atoms with E-state index in [2.05, 4.69) is 12.2 Å². The first-order valence-electron chi connectivity index (χ1n) is 5.53. The molecule has 0 radical (unpaired) electrons. The van der Waals surface area contributed by atoms with Crippen LogP contribution >= 0.6 is 0 Å². The van der Waals surface area contributed by atoms with Crippen molar-refractivity contribution in [3.05, 3.63) is 23.8 Å². The minimum Gasteiger partial charge on any atom is -1.00 e. The maximum Gasteiger partial charge on any atom is 0.157 e. The van der Waals surface area contributed by atoms with Gasteiger partial charge >= 0.3 is 0 Å². The van der Waals surface area contributed by atoms with Gasteiger partial charge in [-0.2, -0.15) is 0 Å². The molecule has 1 unspecified atom stereocenters. The van der Waals surface area contributed by atoms with Gasteiger partial charge in [0.05, 0.1) is 19.3 Å². The van der Waals surface area contributed by atoms with Crippen molar-refractivity contribution >= 4 is 0 Å². The van der Waals surface area contributed by atoms with Crippen LogP contribution in [0.3, 0.4) is 0 Å². The van der Waals surface area contributed by atoms with Crippen LogP contribution in [0.4, 0.5) is 4.39 Å². The molecule has 0 spiro atoms. The number of phenolic OH excluding ortho intramolecular Hbond substituents is 2. The molecule has 1 aromatic rings. The molecule has 0 aliphatic heterocycles. The van der Waals surface area contributed by atoms with E-state index in [-0.39, 0.29) is 30.6 Å². The van der Waals surface area contributed by atoms with Crippen LogP contribution in [0, 0.1) is 0 Å². The molecule has 0 heterocycles. The Bertz CT molecular complexity index is 336. The molecule has 0 aliphatic carbocycles. The van der Waals surface area contributed by atoms with Crippen LogP contribution in [-0.4, -0.2) is 29.5 Å². The molecule has 1 rings (SSSR count). The second kappa shape index (κ2) is 8.14. The average Bonchev–Trinajstić information content (AvgIpc) is 2.24. The van der Waals surface area contributed by atoms with Gasteiger partial charge in [-0.15, -0.1) is 0 Å². The van der Waals surface area contributed by atoms with Gasteiger partial charge in [0, 0.05) is 12.8 Å². The first-order valence-corrected chi connectivity index (χ1v) is 5.53. The van der Waals surface area contributed by atoms with Gasteiger partial charge in [0.25, 0.3) is 0 Å². The maximum atomic E-state index is 11.9. The van der Waals surface area contributed by atoms with Gasteiger partial charge in [-0.25, -0.2) is 0 Å². The van der Waals surface area contributed by atoms with E-state index in [0.29, 0.717) is 12.5 Å². The van der Waals surface area contributed by atoms with Crippen molar-refractivity contribution in [2.45, 2.75) is 25.8 Å². The largest absolute Gasteiger partial charge is 1.00 e. The molecule has 98 valence electrons. The fourth-order valence-corrected chi connectivity index (χ4v) is 1.63. The van der Waals surface area contributed by atoms with Crippen LogP contribution in [0.2, 0.25) is 0 Å². The smallest absolute Gasteiger partial charge is 0.157 e. The SMILES string of the molecule is CC(Cc1ccc(O)c(O)c1)[NH2+]CCCF.[Cl-]. The molecule has 4 N–H and O–H groups in total. The van der Waals surface area contributed by atoms with Gasteiger partial charge in [-0.3, -0.25) is 4.39 Å². The molecule has 5 heteroatoms. The Hall–Kier alpha value is -1.00. The van der Waals surface area contributed by atoms with E-state index in [9.17, 15) is 9.50 Å². The number of phenols is 2. The predicted octanol–water partition coefficient (Wildman–Crippen LogP) is -2.04. The maximum absolute atomic E-state index is 11.9. The number of halogens is 2. The van der Waals surface area contributed by atoms with Crippen molar-refractivity contribution in [1.82, 2.24) is 0 Å². The number of rotatable bonds is 6. The molecule has 1 aromatic carbocycles. The van der Waals surface area contributed by atoms with Gasteiger partial charge in [0.2, 0.25) is 0 Å². The summed E-state index contributed by atoms with van der Waals surface area (Å²) in [5.41, 5.74) is 0.972. The molecule has 3 nitrogen and oxygen atoms in total. The zero-order chi connectivity index (χ0) is 12.0. The lowest BCUT2D eigenvalue weighted by Gasteiger charge is -2.10. The highest BCUT2D eigenvalue weighted by atomic mass is 35.5. The summed E-state index contributed by atoms with van der Waals surface area (Å²) < 4.78 is 11.9. The van der Waals surface area contributed by atoms with Crippen LogP contribution in [0.15, 0.2) is 18.2 Å². The Morgan fingerprint density at radius 1 is 1.29 bits per heavy atom. The number of hydrogen-bond donors (Lipinski definition) is 3. The minimum atomic E-state index is -0.275. The number of nitrogens with two attached hydrogens (primary N) is 1. The lowest BCUT2D eigenvalue weighted by atomic mass is 10.1. The molecule has 17 heavy (non-hydrogen) atoms. The van der Waals surface area contributed by atoms with Crippen LogP contribution < -0.4 is 17.7 Å². The lowest BCUT2D eigenvalue weighted by Crippen LogP contribution is -3.00. The van der Waals surface area contributed by atoms with E-state index in [0.717, 1.165) is 18.5 Å².